The lowest BCUT2D eigenvalue weighted by molar-refractivity contribution is 0.664. The van der Waals surface area contributed by atoms with Gasteiger partial charge in [0.25, 0.3) is 0 Å². The number of hydrogen-bond donors (Lipinski definition) is 2. The third-order valence-electron chi connectivity index (χ3n) is 2.79. The van der Waals surface area contributed by atoms with Crippen molar-refractivity contribution in [2.24, 2.45) is 5.73 Å². The summed E-state index contributed by atoms with van der Waals surface area (Å²) in [6.45, 7) is 1.05. The number of nitrogens with two attached hydrogens (primary N) is 1. The van der Waals surface area contributed by atoms with Crippen molar-refractivity contribution in [2.75, 3.05) is 6.54 Å². The smallest absolute Gasteiger partial charge is 0.0444 e. The van der Waals surface area contributed by atoms with Gasteiger partial charge in [-0.2, -0.15) is 0 Å². The molecule has 2 nitrogen and oxygen atoms in total. The first kappa shape index (κ1) is 10.2. The quantitative estimate of drug-likeness (QED) is 0.732. The fraction of sp³-hybridized carbons (Fsp3) is 0.385. The minimum atomic E-state index is 0.174. The Bertz CT molecular complexity index is 330. The van der Waals surface area contributed by atoms with E-state index < -0.39 is 0 Å². The maximum absolute atomic E-state index is 6.10. The van der Waals surface area contributed by atoms with Crippen molar-refractivity contribution in [3.63, 3.8) is 0 Å². The van der Waals surface area contributed by atoms with Crippen LogP contribution in [0.4, 0.5) is 0 Å². The molecule has 2 rings (SSSR count). The summed E-state index contributed by atoms with van der Waals surface area (Å²) >= 11 is 0. The van der Waals surface area contributed by atoms with Crippen molar-refractivity contribution >= 4 is 6.08 Å². The molecular formula is C13H18N2. The lowest BCUT2D eigenvalue weighted by atomic mass is 10.1. The fourth-order valence-electron chi connectivity index (χ4n) is 1.90. The molecule has 1 aromatic carbocycles. The molecule has 80 valence electrons. The summed E-state index contributed by atoms with van der Waals surface area (Å²) in [6.07, 6.45) is 5.70. The highest BCUT2D eigenvalue weighted by atomic mass is 14.9. The molecule has 1 aliphatic heterocycles. The molecule has 1 fully saturated rings. The summed E-state index contributed by atoms with van der Waals surface area (Å²) in [6, 6.07) is 10.5. The minimum absolute atomic E-state index is 0.174. The van der Waals surface area contributed by atoms with Crippen LogP contribution in [0.3, 0.4) is 0 Å². The standard InChI is InChI=1S/C13H18N2/c14-12-8-4-5-9-15-13(12)10-11-6-2-1-3-7-11/h1-3,6-7,10,12,15H,4-5,8-9,14H2. The Morgan fingerprint density at radius 3 is 2.80 bits per heavy atom. The van der Waals surface area contributed by atoms with Gasteiger partial charge in [-0.25, -0.2) is 0 Å². The molecule has 0 bridgehead atoms. The van der Waals surface area contributed by atoms with Gasteiger partial charge in [-0.1, -0.05) is 30.3 Å². The first-order valence-corrected chi connectivity index (χ1v) is 5.62. The molecule has 1 atom stereocenters. The zero-order valence-corrected chi connectivity index (χ0v) is 8.95. The average molecular weight is 202 g/mol. The van der Waals surface area contributed by atoms with E-state index in [4.69, 9.17) is 5.73 Å². The largest absolute Gasteiger partial charge is 0.387 e. The van der Waals surface area contributed by atoms with Gasteiger partial charge in [-0.05, 0) is 30.9 Å². The maximum Gasteiger partial charge on any atom is 0.0444 e. The van der Waals surface area contributed by atoms with Gasteiger partial charge in [0, 0.05) is 18.3 Å². The van der Waals surface area contributed by atoms with Crippen LogP contribution < -0.4 is 11.1 Å². The van der Waals surface area contributed by atoms with Crippen LogP contribution in [0.2, 0.25) is 0 Å². The predicted molar refractivity (Wildman–Crippen MR) is 64.2 cm³/mol. The van der Waals surface area contributed by atoms with E-state index in [1.54, 1.807) is 0 Å². The fourth-order valence-corrected chi connectivity index (χ4v) is 1.90. The highest BCUT2D eigenvalue weighted by Crippen LogP contribution is 2.13. The Kier molecular flexibility index (Phi) is 3.41. The monoisotopic (exact) mass is 202 g/mol. The van der Waals surface area contributed by atoms with E-state index >= 15 is 0 Å². The van der Waals surface area contributed by atoms with Crippen LogP contribution in [0, 0.1) is 0 Å². The zero-order chi connectivity index (χ0) is 10.5. The third-order valence-corrected chi connectivity index (χ3v) is 2.79. The van der Waals surface area contributed by atoms with Crippen molar-refractivity contribution in [1.82, 2.24) is 5.32 Å². The van der Waals surface area contributed by atoms with E-state index in [-0.39, 0.29) is 6.04 Å². The normalized spacial score (nSPS) is 24.6. The Hall–Kier alpha value is -1.28. The van der Waals surface area contributed by atoms with E-state index in [9.17, 15) is 0 Å². The van der Waals surface area contributed by atoms with Crippen LogP contribution in [0.25, 0.3) is 6.08 Å². The highest BCUT2D eigenvalue weighted by Gasteiger charge is 2.11. The van der Waals surface area contributed by atoms with Crippen molar-refractivity contribution in [1.29, 1.82) is 0 Å². The van der Waals surface area contributed by atoms with E-state index in [2.05, 4.69) is 35.7 Å². The highest BCUT2D eigenvalue weighted by molar-refractivity contribution is 5.53. The molecule has 0 aliphatic carbocycles. The number of benzene rings is 1. The van der Waals surface area contributed by atoms with Crippen LogP contribution in [0.5, 0.6) is 0 Å². The summed E-state index contributed by atoms with van der Waals surface area (Å²) in [4.78, 5) is 0. The van der Waals surface area contributed by atoms with Crippen LogP contribution in [-0.2, 0) is 0 Å². The Morgan fingerprint density at radius 1 is 1.20 bits per heavy atom. The SMILES string of the molecule is NC1CCCCNC1=Cc1ccccc1. The van der Waals surface area contributed by atoms with Gasteiger partial charge in [0.2, 0.25) is 0 Å². The summed E-state index contributed by atoms with van der Waals surface area (Å²) in [5.41, 5.74) is 8.50. The first-order chi connectivity index (χ1) is 7.36. The van der Waals surface area contributed by atoms with Crippen molar-refractivity contribution < 1.29 is 0 Å². The molecule has 1 aromatic rings. The van der Waals surface area contributed by atoms with Crippen molar-refractivity contribution in [2.45, 2.75) is 25.3 Å². The summed E-state index contributed by atoms with van der Waals surface area (Å²) < 4.78 is 0. The minimum Gasteiger partial charge on any atom is -0.387 e. The Labute approximate surface area is 91.2 Å². The molecule has 3 N–H and O–H groups in total. The van der Waals surface area contributed by atoms with Crippen LogP contribution in [-0.4, -0.2) is 12.6 Å². The van der Waals surface area contributed by atoms with Gasteiger partial charge < -0.3 is 11.1 Å². The van der Waals surface area contributed by atoms with Crippen molar-refractivity contribution in [3.8, 4) is 0 Å². The number of rotatable bonds is 1. The summed E-state index contributed by atoms with van der Waals surface area (Å²) in [7, 11) is 0. The molecule has 0 saturated carbocycles. The molecule has 1 unspecified atom stereocenters. The van der Waals surface area contributed by atoms with E-state index in [0.717, 1.165) is 13.0 Å². The first-order valence-electron chi connectivity index (χ1n) is 5.62. The summed E-state index contributed by atoms with van der Waals surface area (Å²) in [5.74, 6) is 0. The van der Waals surface area contributed by atoms with Gasteiger partial charge in [-0.15, -0.1) is 0 Å². The molecule has 0 spiro atoms. The van der Waals surface area contributed by atoms with Crippen molar-refractivity contribution in [3.05, 3.63) is 41.6 Å². The van der Waals surface area contributed by atoms with Crippen LogP contribution >= 0.6 is 0 Å². The molecular weight excluding hydrogens is 184 g/mol. The number of hydrogen-bond acceptors (Lipinski definition) is 2. The van der Waals surface area contributed by atoms with Gasteiger partial charge in [0.1, 0.15) is 0 Å². The molecule has 2 heteroatoms. The topological polar surface area (TPSA) is 38.0 Å². The van der Waals surface area contributed by atoms with Gasteiger partial charge >= 0.3 is 0 Å². The molecule has 1 saturated heterocycles. The van der Waals surface area contributed by atoms with Gasteiger partial charge in [-0.3, -0.25) is 0 Å². The third kappa shape index (κ3) is 2.83. The summed E-state index contributed by atoms with van der Waals surface area (Å²) in [5, 5.41) is 3.42. The second-order valence-corrected chi connectivity index (χ2v) is 4.04. The lowest BCUT2D eigenvalue weighted by Crippen LogP contribution is -2.29. The van der Waals surface area contributed by atoms with Crippen LogP contribution in [0.1, 0.15) is 24.8 Å². The predicted octanol–water partition coefficient (Wildman–Crippen LogP) is 2.13. The van der Waals surface area contributed by atoms with E-state index in [0.29, 0.717) is 0 Å². The Morgan fingerprint density at radius 2 is 2.00 bits per heavy atom. The second kappa shape index (κ2) is 4.99. The van der Waals surface area contributed by atoms with Gasteiger partial charge in [0.15, 0.2) is 0 Å². The second-order valence-electron chi connectivity index (χ2n) is 4.04. The van der Waals surface area contributed by atoms with E-state index in [1.165, 1.54) is 24.1 Å². The van der Waals surface area contributed by atoms with E-state index in [1.807, 2.05) is 6.07 Å². The number of nitrogens with one attached hydrogen (secondary N) is 1. The molecule has 15 heavy (non-hydrogen) atoms. The molecule has 1 heterocycles. The lowest BCUT2D eigenvalue weighted by Gasteiger charge is -2.13. The molecule has 1 aliphatic rings. The van der Waals surface area contributed by atoms with Gasteiger partial charge in [0.05, 0.1) is 0 Å². The Balaban J connectivity index is 2.17. The average Bonchev–Trinajstić information content (AvgIpc) is 2.46. The molecule has 0 aromatic heterocycles. The van der Waals surface area contributed by atoms with Crippen LogP contribution in [0.15, 0.2) is 36.0 Å². The molecule has 0 radical (unpaired) electrons. The maximum atomic E-state index is 6.10. The molecule has 0 amide bonds. The zero-order valence-electron chi connectivity index (χ0n) is 8.95.